The molecule has 0 amide bonds. The van der Waals surface area contributed by atoms with Crippen molar-refractivity contribution >= 4 is 18.0 Å². The van der Waals surface area contributed by atoms with Crippen molar-refractivity contribution in [3.05, 3.63) is 121 Å². The van der Waals surface area contributed by atoms with Crippen LogP contribution in [0.2, 0.25) is 0 Å². The zero-order valence-electron chi connectivity index (χ0n) is 29.2. The maximum absolute atomic E-state index is 4.97. The molecule has 0 bridgehead atoms. The van der Waals surface area contributed by atoms with E-state index in [0.717, 1.165) is 41.9 Å². The van der Waals surface area contributed by atoms with Gasteiger partial charge >= 0.3 is 0 Å². The number of dihydropyridines is 1. The number of allylic oxidation sites excluding steroid dienone is 9. The van der Waals surface area contributed by atoms with Gasteiger partial charge in [0.25, 0.3) is 0 Å². The van der Waals surface area contributed by atoms with Gasteiger partial charge < -0.3 is 25.6 Å². The Labute approximate surface area is 284 Å². The Morgan fingerprint density at radius 2 is 1.83 bits per heavy atom. The van der Waals surface area contributed by atoms with Crippen molar-refractivity contribution in [2.45, 2.75) is 79.2 Å². The minimum absolute atomic E-state index is 0.435. The van der Waals surface area contributed by atoms with E-state index in [0.29, 0.717) is 12.0 Å². The first-order valence-corrected chi connectivity index (χ1v) is 17.6. The van der Waals surface area contributed by atoms with Crippen LogP contribution < -0.4 is 16.0 Å². The molecule has 0 aromatic carbocycles. The summed E-state index contributed by atoms with van der Waals surface area (Å²) in [5.41, 5.74) is 5.94. The molecule has 252 valence electrons. The largest absolute Gasteiger partial charge is 0.498 e. The smallest absolute Gasteiger partial charge is 0.0985 e. The van der Waals surface area contributed by atoms with Crippen LogP contribution >= 0.6 is 11.8 Å². The number of rotatable bonds is 0. The molecule has 0 fully saturated rings. The van der Waals surface area contributed by atoms with Gasteiger partial charge in [-0.05, 0) is 92.8 Å². The maximum Gasteiger partial charge on any atom is 0.0985 e. The highest BCUT2D eigenvalue weighted by Crippen LogP contribution is 2.31. The van der Waals surface area contributed by atoms with Gasteiger partial charge in [0, 0.05) is 67.4 Å². The van der Waals surface area contributed by atoms with Gasteiger partial charge in [0.05, 0.1) is 18.1 Å². The van der Waals surface area contributed by atoms with Crippen molar-refractivity contribution < 1.29 is 4.74 Å². The second-order valence-electron chi connectivity index (χ2n) is 12.5. The van der Waals surface area contributed by atoms with Gasteiger partial charge in [0.2, 0.25) is 0 Å². The summed E-state index contributed by atoms with van der Waals surface area (Å²) >= 11 is 1.96. The number of hydrogen-bond acceptors (Lipinski definition) is 7. The number of nitrogens with zero attached hydrogens (tertiary/aromatic N) is 2. The first kappa shape index (κ1) is 38.6. The summed E-state index contributed by atoms with van der Waals surface area (Å²) in [4.78, 5) is 7.27. The van der Waals surface area contributed by atoms with Crippen LogP contribution in [0.25, 0.3) is 0 Å². The lowest BCUT2D eigenvalue weighted by Gasteiger charge is -2.27. The molecule has 6 aliphatic heterocycles. The van der Waals surface area contributed by atoms with Crippen molar-refractivity contribution in [1.82, 2.24) is 20.9 Å². The monoisotopic (exact) mass is 645 g/mol. The number of aliphatic imine (C=N–C) groups is 1. The molecule has 0 unspecified atom stereocenters. The highest BCUT2D eigenvalue weighted by atomic mass is 32.2. The molecule has 7 heteroatoms. The molecule has 7 rings (SSSR count). The maximum atomic E-state index is 4.97. The molecule has 3 N–H and O–H groups in total. The van der Waals surface area contributed by atoms with Crippen LogP contribution in [-0.4, -0.2) is 36.6 Å². The summed E-state index contributed by atoms with van der Waals surface area (Å²) in [6.45, 7) is 23.4. The molecular formula is C39H59N5OS. The van der Waals surface area contributed by atoms with E-state index in [-0.39, 0.29) is 0 Å². The Morgan fingerprint density at radius 3 is 2.22 bits per heavy atom. The minimum atomic E-state index is 0.435. The van der Waals surface area contributed by atoms with E-state index < -0.39 is 0 Å². The van der Waals surface area contributed by atoms with Gasteiger partial charge in [-0.2, -0.15) is 0 Å². The highest BCUT2D eigenvalue weighted by molar-refractivity contribution is 8.03. The lowest BCUT2D eigenvalue weighted by atomic mass is 9.86. The van der Waals surface area contributed by atoms with Crippen molar-refractivity contribution in [2.75, 3.05) is 19.3 Å². The van der Waals surface area contributed by atoms with E-state index in [1.54, 1.807) is 18.7 Å². The van der Waals surface area contributed by atoms with E-state index in [9.17, 15) is 0 Å². The van der Waals surface area contributed by atoms with Crippen LogP contribution in [0.1, 0.15) is 73.1 Å². The average molecular weight is 646 g/mol. The normalized spacial score (nSPS) is 26.0. The second kappa shape index (κ2) is 22.0. The van der Waals surface area contributed by atoms with Gasteiger partial charge in [0.15, 0.2) is 0 Å². The lowest BCUT2D eigenvalue weighted by molar-refractivity contribution is 0.189. The van der Waals surface area contributed by atoms with Gasteiger partial charge in [-0.15, -0.1) is 11.8 Å². The first-order valence-electron chi connectivity index (χ1n) is 16.6. The number of hydrogen-bond donors (Lipinski definition) is 3. The van der Waals surface area contributed by atoms with Crippen LogP contribution in [0.15, 0.2) is 126 Å². The Bertz CT molecular complexity index is 1230. The molecule has 0 saturated carbocycles. The van der Waals surface area contributed by atoms with Crippen molar-refractivity contribution in [3.63, 3.8) is 0 Å². The third kappa shape index (κ3) is 16.6. The Hall–Kier alpha value is -3.58. The highest BCUT2D eigenvalue weighted by Gasteiger charge is 2.18. The van der Waals surface area contributed by atoms with E-state index in [1.807, 2.05) is 48.4 Å². The summed E-state index contributed by atoms with van der Waals surface area (Å²) in [7, 11) is 1.93. The predicted octanol–water partition coefficient (Wildman–Crippen LogP) is 9.44. The standard InChI is InChI=1S/C11H15N.C6H8N2.C6H9N.C6H11N.C5H8O.C5H8S/c1-8-3-6-11-10(7-8)5-4-9(2)12-11;1-6-5-7-3-4-8(6)2;1-5-3-4-7-6(5)2;1-6-3-2-4-7-5-6;2*1-5-3-2-4-6-5/h4-5,8,12H,2-3,6-7H2,1H3;3-5H,1H2,2H3;3-5,7H,2H2,1H3;2,4,6-7H,3,5H2,1H3;2,4-5H,3H2,1H3;3H,2,4H2,1H3/t8-;;5-;6-;5-;/m0.010./s1. The van der Waals surface area contributed by atoms with Crippen molar-refractivity contribution in [2.24, 2.45) is 22.7 Å². The SMILES string of the molecule is C=C1C=CC2=C(CC[C@H](C)C2)N1.C=C1C=NC=CN1C.C=C1NC=C[C@@H]1C.CC1=CCCS1.C[C@@H]1CC=CNC1.C[C@H]1CC=CO1. The van der Waals surface area contributed by atoms with E-state index in [2.05, 4.69) is 106 Å². The van der Waals surface area contributed by atoms with Crippen LogP contribution in [0.4, 0.5) is 0 Å². The fourth-order valence-corrected chi connectivity index (χ4v) is 5.46. The van der Waals surface area contributed by atoms with Gasteiger partial charge in [-0.25, -0.2) is 0 Å². The lowest BCUT2D eigenvalue weighted by Crippen LogP contribution is -2.20. The molecule has 6 heterocycles. The quantitative estimate of drug-likeness (QED) is 0.244. The van der Waals surface area contributed by atoms with Crippen molar-refractivity contribution in [3.8, 4) is 0 Å². The summed E-state index contributed by atoms with van der Waals surface area (Å²) in [5, 5.41) is 9.49. The first-order chi connectivity index (χ1) is 22.0. The molecule has 0 radical (unpaired) electrons. The molecule has 46 heavy (non-hydrogen) atoms. The molecule has 0 aromatic heterocycles. The molecular weight excluding hydrogens is 587 g/mol. The molecule has 7 aliphatic rings. The zero-order valence-corrected chi connectivity index (χ0v) is 30.0. The number of nitrogens with one attached hydrogen (secondary N) is 3. The fraction of sp³-hybridized carbons (Fsp3) is 0.462. The zero-order chi connectivity index (χ0) is 33.7. The Morgan fingerprint density at radius 1 is 1.02 bits per heavy atom. The van der Waals surface area contributed by atoms with Crippen molar-refractivity contribution in [1.29, 1.82) is 0 Å². The number of thioether (sulfide) groups is 1. The van der Waals surface area contributed by atoms with Gasteiger partial charge in [-0.1, -0.05) is 64.8 Å². The molecule has 4 atom stereocenters. The summed E-state index contributed by atoms with van der Waals surface area (Å²) in [5.74, 6) is 3.53. The Balaban J connectivity index is 0.000000196. The fourth-order valence-electron chi connectivity index (χ4n) is 4.67. The average Bonchev–Trinajstić information content (AvgIpc) is 3.82. The van der Waals surface area contributed by atoms with E-state index in [4.69, 9.17) is 4.74 Å². The van der Waals surface area contributed by atoms with Gasteiger partial charge in [-0.3, -0.25) is 4.99 Å². The molecule has 0 saturated heterocycles. The third-order valence-electron chi connectivity index (χ3n) is 7.89. The predicted molar refractivity (Wildman–Crippen MR) is 203 cm³/mol. The van der Waals surface area contributed by atoms with Gasteiger partial charge in [0.1, 0.15) is 0 Å². The number of ether oxygens (including phenoxy) is 1. The van der Waals surface area contributed by atoms with E-state index in [1.165, 1.54) is 54.0 Å². The van der Waals surface area contributed by atoms with Crippen LogP contribution in [-0.2, 0) is 4.74 Å². The van der Waals surface area contributed by atoms with Crippen LogP contribution in [0, 0.1) is 17.8 Å². The molecule has 1 aliphatic carbocycles. The molecule has 6 nitrogen and oxygen atoms in total. The summed E-state index contributed by atoms with van der Waals surface area (Å²) in [6, 6.07) is 0. The third-order valence-corrected chi connectivity index (χ3v) is 8.95. The van der Waals surface area contributed by atoms with Crippen LogP contribution in [0.3, 0.4) is 0 Å². The Kier molecular flexibility index (Phi) is 18.5. The minimum Gasteiger partial charge on any atom is -0.498 e. The summed E-state index contributed by atoms with van der Waals surface area (Å²) < 4.78 is 4.97. The van der Waals surface area contributed by atoms with E-state index >= 15 is 0 Å². The molecule has 0 aromatic rings. The van der Waals surface area contributed by atoms with Crippen LogP contribution in [0.5, 0.6) is 0 Å². The molecule has 0 spiro atoms. The topological polar surface area (TPSA) is 60.9 Å². The second-order valence-corrected chi connectivity index (χ2v) is 13.8. The summed E-state index contributed by atoms with van der Waals surface area (Å²) in [6.07, 6.45) is 31.7.